The number of carbonyl (C=O) groups excluding carboxylic acids is 3. The molecule has 0 unspecified atom stereocenters. The molecular formula is C29H21FN2O4S. The van der Waals surface area contributed by atoms with Gasteiger partial charge in [-0.2, -0.15) is 0 Å². The minimum atomic E-state index is -0.545. The minimum absolute atomic E-state index is 0.195. The number of anilines is 1. The van der Waals surface area contributed by atoms with Crippen LogP contribution in [0.15, 0.2) is 95.9 Å². The highest BCUT2D eigenvalue weighted by Crippen LogP contribution is 2.34. The molecule has 0 spiro atoms. The van der Waals surface area contributed by atoms with Gasteiger partial charge in [-0.15, -0.1) is 0 Å². The van der Waals surface area contributed by atoms with E-state index < -0.39 is 23.6 Å². The third kappa shape index (κ3) is 5.54. The third-order valence-electron chi connectivity index (χ3n) is 5.75. The number of fused-ring (bicyclic) bond motifs is 1. The number of para-hydroxylation sites is 1. The lowest BCUT2D eigenvalue weighted by Crippen LogP contribution is -2.36. The van der Waals surface area contributed by atoms with E-state index in [9.17, 15) is 18.8 Å². The van der Waals surface area contributed by atoms with Crippen molar-refractivity contribution in [3.63, 3.8) is 0 Å². The topological polar surface area (TPSA) is 75.7 Å². The molecule has 1 saturated heterocycles. The van der Waals surface area contributed by atoms with Crippen molar-refractivity contribution in [3.8, 4) is 5.75 Å². The molecule has 1 fully saturated rings. The SMILES string of the molecule is O=C(CN1C(=O)S/C(=C\c2ccccc2OCc2ccc(F)cc2)C1=O)Nc1cccc2ccccc12. The molecule has 1 aliphatic rings. The number of amides is 3. The quantitative estimate of drug-likeness (QED) is 0.297. The Balaban J connectivity index is 1.28. The molecule has 0 radical (unpaired) electrons. The molecule has 0 aromatic heterocycles. The Morgan fingerprint density at radius 1 is 0.919 bits per heavy atom. The predicted octanol–water partition coefficient (Wildman–Crippen LogP) is 6.23. The summed E-state index contributed by atoms with van der Waals surface area (Å²) in [5.74, 6) is -0.836. The van der Waals surface area contributed by atoms with Crippen molar-refractivity contribution in [3.05, 3.63) is 113 Å². The van der Waals surface area contributed by atoms with E-state index in [-0.39, 0.29) is 17.3 Å². The van der Waals surface area contributed by atoms with E-state index in [1.807, 2.05) is 36.4 Å². The zero-order valence-electron chi connectivity index (χ0n) is 19.5. The molecule has 3 amide bonds. The van der Waals surface area contributed by atoms with Gasteiger partial charge < -0.3 is 10.1 Å². The van der Waals surface area contributed by atoms with Crippen molar-refractivity contribution < 1.29 is 23.5 Å². The summed E-state index contributed by atoms with van der Waals surface area (Å²) >= 11 is 0.774. The van der Waals surface area contributed by atoms with E-state index in [0.717, 1.165) is 33.0 Å². The van der Waals surface area contributed by atoms with Gasteiger partial charge in [0.2, 0.25) is 5.91 Å². The van der Waals surface area contributed by atoms with E-state index in [2.05, 4.69) is 5.32 Å². The number of ether oxygens (including phenoxy) is 1. The van der Waals surface area contributed by atoms with Crippen molar-refractivity contribution in [2.24, 2.45) is 0 Å². The summed E-state index contributed by atoms with van der Waals surface area (Å²) in [5, 5.41) is 4.12. The Bertz CT molecular complexity index is 1530. The number of rotatable bonds is 7. The maximum absolute atomic E-state index is 13.2. The first-order chi connectivity index (χ1) is 18.0. The summed E-state index contributed by atoms with van der Waals surface area (Å²) in [5.41, 5.74) is 2.00. The molecular weight excluding hydrogens is 491 g/mol. The first-order valence-corrected chi connectivity index (χ1v) is 12.3. The molecule has 4 aromatic carbocycles. The van der Waals surface area contributed by atoms with Crippen LogP contribution in [0.3, 0.4) is 0 Å². The van der Waals surface area contributed by atoms with E-state index in [4.69, 9.17) is 4.74 Å². The van der Waals surface area contributed by atoms with Gasteiger partial charge in [0.05, 0.1) is 4.91 Å². The number of hydrogen-bond acceptors (Lipinski definition) is 5. The van der Waals surface area contributed by atoms with Crippen LogP contribution in [0.1, 0.15) is 11.1 Å². The number of nitrogens with one attached hydrogen (secondary N) is 1. The maximum atomic E-state index is 13.2. The van der Waals surface area contributed by atoms with Gasteiger partial charge in [-0.3, -0.25) is 19.3 Å². The molecule has 0 bridgehead atoms. The molecule has 8 heteroatoms. The highest BCUT2D eigenvalue weighted by Gasteiger charge is 2.36. The molecule has 0 saturated carbocycles. The molecule has 1 aliphatic heterocycles. The van der Waals surface area contributed by atoms with Crippen LogP contribution in [0, 0.1) is 5.82 Å². The van der Waals surface area contributed by atoms with Crippen LogP contribution in [0.4, 0.5) is 14.9 Å². The van der Waals surface area contributed by atoms with Gasteiger partial charge in [0.25, 0.3) is 11.1 Å². The second-order valence-electron chi connectivity index (χ2n) is 8.30. The Morgan fingerprint density at radius 2 is 1.65 bits per heavy atom. The maximum Gasteiger partial charge on any atom is 0.294 e. The number of imide groups is 1. The van der Waals surface area contributed by atoms with Crippen molar-refractivity contribution >= 4 is 51.4 Å². The molecule has 5 rings (SSSR count). The van der Waals surface area contributed by atoms with Gasteiger partial charge in [-0.05, 0) is 53.1 Å². The summed E-state index contributed by atoms with van der Waals surface area (Å²) in [4.78, 5) is 39.5. The third-order valence-corrected chi connectivity index (χ3v) is 6.66. The lowest BCUT2D eigenvalue weighted by atomic mass is 10.1. The van der Waals surface area contributed by atoms with Crippen molar-refractivity contribution in [1.29, 1.82) is 0 Å². The summed E-state index contributed by atoms with van der Waals surface area (Å²) in [6.45, 7) is -0.186. The van der Waals surface area contributed by atoms with Crippen LogP contribution in [-0.4, -0.2) is 28.5 Å². The van der Waals surface area contributed by atoms with Crippen molar-refractivity contribution in [2.75, 3.05) is 11.9 Å². The molecule has 0 atom stereocenters. The molecule has 184 valence electrons. The lowest BCUT2D eigenvalue weighted by Gasteiger charge is -2.13. The largest absolute Gasteiger partial charge is 0.488 e. The lowest BCUT2D eigenvalue weighted by molar-refractivity contribution is -0.127. The number of halogens is 1. The van der Waals surface area contributed by atoms with E-state index in [1.54, 1.807) is 48.5 Å². The Morgan fingerprint density at radius 3 is 2.49 bits per heavy atom. The zero-order valence-corrected chi connectivity index (χ0v) is 20.3. The van der Waals surface area contributed by atoms with E-state index in [0.29, 0.717) is 17.0 Å². The smallest absolute Gasteiger partial charge is 0.294 e. The monoisotopic (exact) mass is 512 g/mol. The summed E-state index contributed by atoms with van der Waals surface area (Å²) in [7, 11) is 0. The van der Waals surface area contributed by atoms with Crippen molar-refractivity contribution in [1.82, 2.24) is 4.90 Å². The molecule has 4 aromatic rings. The fraction of sp³-hybridized carbons (Fsp3) is 0.0690. The van der Waals surface area contributed by atoms with Crippen LogP contribution in [-0.2, 0) is 16.2 Å². The zero-order chi connectivity index (χ0) is 25.8. The second kappa shape index (κ2) is 10.7. The van der Waals surface area contributed by atoms with Gasteiger partial charge in [0.15, 0.2) is 0 Å². The Labute approximate surface area is 216 Å². The number of nitrogens with zero attached hydrogens (tertiary/aromatic N) is 1. The number of benzene rings is 4. The normalized spacial score (nSPS) is 14.4. The number of carbonyl (C=O) groups is 3. The van der Waals surface area contributed by atoms with Crippen molar-refractivity contribution in [2.45, 2.75) is 6.61 Å². The molecule has 1 heterocycles. The van der Waals surface area contributed by atoms with E-state index in [1.165, 1.54) is 12.1 Å². The Kier molecular flexibility index (Phi) is 7.00. The molecule has 0 aliphatic carbocycles. The highest BCUT2D eigenvalue weighted by atomic mass is 32.2. The summed E-state index contributed by atoms with van der Waals surface area (Å²) in [6, 6.07) is 26.2. The number of hydrogen-bond donors (Lipinski definition) is 1. The van der Waals surface area contributed by atoms with Gasteiger partial charge in [-0.25, -0.2) is 4.39 Å². The molecule has 1 N–H and O–H groups in total. The van der Waals surface area contributed by atoms with Crippen LogP contribution in [0.2, 0.25) is 0 Å². The number of thioether (sulfide) groups is 1. The van der Waals surface area contributed by atoms with Gasteiger partial charge in [0, 0.05) is 16.6 Å². The average Bonchev–Trinajstić information content (AvgIpc) is 3.16. The van der Waals surface area contributed by atoms with E-state index >= 15 is 0 Å². The van der Waals surface area contributed by atoms with Crippen LogP contribution < -0.4 is 10.1 Å². The highest BCUT2D eigenvalue weighted by molar-refractivity contribution is 8.18. The van der Waals surface area contributed by atoms with Crippen LogP contribution >= 0.6 is 11.8 Å². The van der Waals surface area contributed by atoms with Crippen LogP contribution in [0.25, 0.3) is 16.8 Å². The van der Waals surface area contributed by atoms with Gasteiger partial charge >= 0.3 is 0 Å². The second-order valence-corrected chi connectivity index (χ2v) is 9.29. The predicted molar refractivity (Wildman–Crippen MR) is 142 cm³/mol. The molecule has 37 heavy (non-hydrogen) atoms. The first kappa shape index (κ1) is 24.3. The molecule has 6 nitrogen and oxygen atoms in total. The standard InChI is InChI=1S/C29H21FN2O4S/c30-22-14-12-19(13-15-22)18-36-25-11-4-2-7-21(25)16-26-28(34)32(29(35)37-26)17-27(33)31-24-10-5-8-20-6-1-3-9-23(20)24/h1-16H,17-18H2,(H,31,33)/b26-16-. The summed E-state index contributed by atoms with van der Waals surface area (Å²) < 4.78 is 19.0. The fourth-order valence-corrected chi connectivity index (χ4v) is 4.75. The fourth-order valence-electron chi connectivity index (χ4n) is 3.92. The minimum Gasteiger partial charge on any atom is -0.488 e. The average molecular weight is 513 g/mol. The summed E-state index contributed by atoms with van der Waals surface area (Å²) in [6.07, 6.45) is 1.58. The van der Waals surface area contributed by atoms with Gasteiger partial charge in [-0.1, -0.05) is 66.7 Å². The van der Waals surface area contributed by atoms with Gasteiger partial charge in [0.1, 0.15) is 24.7 Å². The van der Waals surface area contributed by atoms with Crippen LogP contribution in [0.5, 0.6) is 5.75 Å². The first-order valence-electron chi connectivity index (χ1n) is 11.5. The Hall–Kier alpha value is -4.43.